The first-order chi connectivity index (χ1) is 11.8. The molecule has 0 unspecified atom stereocenters. The van der Waals surface area contributed by atoms with Crippen molar-refractivity contribution in [1.29, 1.82) is 0 Å². The van der Waals surface area contributed by atoms with E-state index in [2.05, 4.69) is 15.3 Å². The van der Waals surface area contributed by atoms with Gasteiger partial charge in [-0.05, 0) is 36.4 Å². The van der Waals surface area contributed by atoms with Gasteiger partial charge in [-0.15, -0.1) is 5.10 Å². The summed E-state index contributed by atoms with van der Waals surface area (Å²) in [4.78, 5) is 4.12. The third-order valence-corrected chi connectivity index (χ3v) is 3.66. The van der Waals surface area contributed by atoms with E-state index < -0.39 is 0 Å². The Morgan fingerprint density at radius 2 is 1.71 bits per heavy atom. The first-order valence-electron chi connectivity index (χ1n) is 7.45. The quantitative estimate of drug-likeness (QED) is 0.187. The van der Waals surface area contributed by atoms with Gasteiger partial charge < -0.3 is 5.21 Å². The lowest BCUT2D eigenvalue weighted by molar-refractivity contribution is -0.363. The lowest BCUT2D eigenvalue weighted by Gasteiger charge is -2.13. The maximum absolute atomic E-state index is 13.1. The van der Waals surface area contributed by atoms with Crippen LogP contribution in [0.4, 0.5) is 5.69 Å². The van der Waals surface area contributed by atoms with Crippen molar-refractivity contribution in [2.45, 2.75) is 0 Å². The van der Waals surface area contributed by atoms with E-state index in [1.165, 1.54) is 0 Å². The average Bonchev–Trinajstić information content (AvgIpc) is 3.07. The summed E-state index contributed by atoms with van der Waals surface area (Å²) in [6.07, 6.45) is 3.30. The van der Waals surface area contributed by atoms with Crippen LogP contribution in [0.15, 0.2) is 79.1 Å². The van der Waals surface area contributed by atoms with Crippen molar-refractivity contribution < 1.29 is 4.74 Å². The summed E-state index contributed by atoms with van der Waals surface area (Å²) in [7, 11) is 0. The van der Waals surface area contributed by atoms with Gasteiger partial charge in [0.2, 0.25) is 0 Å². The SMILES string of the molecule is [O-]/[N+](=C(/c1cccnc1)n1nnc2ccccc21)c1ccccc1. The van der Waals surface area contributed by atoms with Crippen LogP contribution in [0.2, 0.25) is 0 Å². The molecular weight excluding hydrogens is 302 g/mol. The van der Waals surface area contributed by atoms with Gasteiger partial charge in [-0.25, -0.2) is 4.74 Å². The molecule has 0 bridgehead atoms. The molecule has 6 nitrogen and oxygen atoms in total. The third kappa shape index (κ3) is 2.40. The average molecular weight is 315 g/mol. The van der Waals surface area contributed by atoms with Crippen molar-refractivity contribution in [2.75, 3.05) is 0 Å². The number of para-hydroxylation sites is 2. The molecule has 4 aromatic rings. The Bertz CT molecular complexity index is 1010. The standard InChI is InChI=1S/C18H13N5O/c24-23(15-8-2-1-3-9-15)18(14-7-6-12-19-13-14)22-17-11-5-4-10-16(17)20-21-22/h1-13H/b23-18-. The Morgan fingerprint density at radius 3 is 2.50 bits per heavy atom. The van der Waals surface area contributed by atoms with E-state index in [1.54, 1.807) is 35.3 Å². The van der Waals surface area contributed by atoms with E-state index in [-0.39, 0.29) is 0 Å². The van der Waals surface area contributed by atoms with Crippen LogP contribution in [0, 0.1) is 5.21 Å². The zero-order valence-electron chi connectivity index (χ0n) is 12.6. The van der Waals surface area contributed by atoms with Crippen LogP contribution in [0.25, 0.3) is 11.0 Å². The lowest BCUT2D eigenvalue weighted by Crippen LogP contribution is -2.24. The van der Waals surface area contributed by atoms with Gasteiger partial charge in [-0.3, -0.25) is 4.98 Å². The monoisotopic (exact) mass is 315 g/mol. The number of fused-ring (bicyclic) bond motifs is 1. The van der Waals surface area contributed by atoms with E-state index in [0.717, 1.165) is 15.8 Å². The van der Waals surface area contributed by atoms with Crippen LogP contribution in [-0.2, 0) is 0 Å². The molecule has 2 heterocycles. The highest BCUT2D eigenvalue weighted by Crippen LogP contribution is 2.16. The van der Waals surface area contributed by atoms with E-state index >= 15 is 0 Å². The highest BCUT2D eigenvalue weighted by Gasteiger charge is 2.22. The van der Waals surface area contributed by atoms with Crippen molar-refractivity contribution in [3.05, 3.63) is 89.9 Å². The fourth-order valence-electron chi connectivity index (χ4n) is 2.53. The Kier molecular flexibility index (Phi) is 3.47. The van der Waals surface area contributed by atoms with Crippen molar-refractivity contribution in [3.8, 4) is 0 Å². The summed E-state index contributed by atoms with van der Waals surface area (Å²) >= 11 is 0. The molecule has 0 aliphatic rings. The van der Waals surface area contributed by atoms with Crippen molar-refractivity contribution in [1.82, 2.24) is 20.0 Å². The first kappa shape index (κ1) is 14.1. The van der Waals surface area contributed by atoms with Gasteiger partial charge in [0.25, 0.3) is 0 Å². The topological polar surface area (TPSA) is 69.7 Å². The van der Waals surface area contributed by atoms with E-state index in [9.17, 15) is 5.21 Å². The second-order valence-electron chi connectivity index (χ2n) is 5.19. The molecule has 0 fully saturated rings. The highest BCUT2D eigenvalue weighted by atomic mass is 16.5. The van der Waals surface area contributed by atoms with Crippen LogP contribution in [0.1, 0.15) is 5.56 Å². The minimum absolute atomic E-state index is 0.350. The summed E-state index contributed by atoms with van der Waals surface area (Å²) in [5.74, 6) is 0.350. The molecule has 6 heteroatoms. The zero-order valence-corrected chi connectivity index (χ0v) is 12.6. The summed E-state index contributed by atoms with van der Waals surface area (Å²) in [6.45, 7) is 0. The molecule has 0 amide bonds. The maximum Gasteiger partial charge on any atom is 0.321 e. The molecule has 24 heavy (non-hydrogen) atoms. The Morgan fingerprint density at radius 1 is 0.917 bits per heavy atom. The second kappa shape index (κ2) is 5.92. The molecule has 0 saturated heterocycles. The van der Waals surface area contributed by atoms with Crippen molar-refractivity contribution in [3.63, 3.8) is 0 Å². The number of rotatable bonds is 2. The van der Waals surface area contributed by atoms with E-state index in [1.807, 2.05) is 48.5 Å². The van der Waals surface area contributed by atoms with Crippen molar-refractivity contribution >= 4 is 22.6 Å². The summed E-state index contributed by atoms with van der Waals surface area (Å²) in [5, 5.41) is 21.4. The van der Waals surface area contributed by atoms with Gasteiger partial charge in [-0.2, -0.15) is 0 Å². The molecule has 0 atom stereocenters. The summed E-state index contributed by atoms with van der Waals surface area (Å²) in [5.41, 5.74) is 2.65. The number of benzene rings is 2. The first-order valence-corrected chi connectivity index (χ1v) is 7.45. The molecule has 116 valence electrons. The minimum atomic E-state index is 0.350. The van der Waals surface area contributed by atoms with Gasteiger partial charge in [0, 0.05) is 17.6 Å². The van der Waals surface area contributed by atoms with Gasteiger partial charge in [0.05, 0.1) is 5.56 Å². The van der Waals surface area contributed by atoms with Crippen LogP contribution in [0.3, 0.4) is 0 Å². The minimum Gasteiger partial charge on any atom is -0.710 e. The molecular formula is C18H13N5O. The molecule has 0 aliphatic carbocycles. The number of hydrogen-bond acceptors (Lipinski definition) is 4. The smallest absolute Gasteiger partial charge is 0.321 e. The molecule has 2 aromatic heterocycles. The molecule has 0 N–H and O–H groups in total. The summed E-state index contributed by atoms with van der Waals surface area (Å²) < 4.78 is 2.39. The maximum atomic E-state index is 13.1. The molecule has 0 saturated carbocycles. The van der Waals surface area contributed by atoms with Crippen LogP contribution < -0.4 is 0 Å². The van der Waals surface area contributed by atoms with Gasteiger partial charge in [0.15, 0.2) is 5.52 Å². The van der Waals surface area contributed by atoms with Crippen molar-refractivity contribution in [2.24, 2.45) is 0 Å². The number of pyridine rings is 1. The molecule has 0 radical (unpaired) electrons. The lowest BCUT2D eigenvalue weighted by atomic mass is 10.2. The number of hydrogen-bond donors (Lipinski definition) is 0. The second-order valence-corrected chi connectivity index (χ2v) is 5.19. The zero-order chi connectivity index (χ0) is 16.4. The number of aromatic nitrogens is 4. The van der Waals surface area contributed by atoms with Crippen LogP contribution in [-0.4, -0.2) is 30.6 Å². The van der Waals surface area contributed by atoms with Crippen LogP contribution in [0.5, 0.6) is 0 Å². The molecule has 4 rings (SSSR count). The molecule has 0 aliphatic heterocycles. The van der Waals surface area contributed by atoms with Gasteiger partial charge >= 0.3 is 5.84 Å². The third-order valence-electron chi connectivity index (χ3n) is 3.66. The Hall–Kier alpha value is -3.54. The molecule has 2 aromatic carbocycles. The van der Waals surface area contributed by atoms with Crippen LogP contribution >= 0.6 is 0 Å². The van der Waals surface area contributed by atoms with Gasteiger partial charge in [-0.1, -0.05) is 35.0 Å². The largest absolute Gasteiger partial charge is 0.710 e. The highest BCUT2D eigenvalue weighted by molar-refractivity contribution is 6.01. The fraction of sp³-hybridized carbons (Fsp3) is 0. The van der Waals surface area contributed by atoms with E-state index in [0.29, 0.717) is 17.1 Å². The van der Waals surface area contributed by atoms with E-state index in [4.69, 9.17) is 0 Å². The number of nitrogens with zero attached hydrogens (tertiary/aromatic N) is 5. The van der Waals surface area contributed by atoms with Gasteiger partial charge in [0.1, 0.15) is 11.2 Å². The fourth-order valence-corrected chi connectivity index (χ4v) is 2.53. The predicted octanol–water partition coefficient (Wildman–Crippen LogP) is 2.96. The Balaban J connectivity index is 2.02. The predicted molar refractivity (Wildman–Crippen MR) is 91.0 cm³/mol. The molecule has 0 spiro atoms. The summed E-state index contributed by atoms with van der Waals surface area (Å²) in [6, 6.07) is 20.1. The Labute approximate surface area is 137 Å². The normalized spacial score (nSPS) is 12.2.